The molecular formula is C11H11F5N2O2. The predicted octanol–water partition coefficient (Wildman–Crippen LogP) is 2.21. The topological polar surface area (TPSA) is 65.2 Å². The summed E-state index contributed by atoms with van der Waals surface area (Å²) in [6.07, 6.45) is -8.72. The highest BCUT2D eigenvalue weighted by Crippen LogP contribution is 2.33. The van der Waals surface area contributed by atoms with Gasteiger partial charge in [0.15, 0.2) is 0 Å². The van der Waals surface area contributed by atoms with Crippen molar-refractivity contribution in [1.29, 1.82) is 0 Å². The molecule has 0 radical (unpaired) electrons. The Morgan fingerprint density at radius 3 is 2.45 bits per heavy atom. The van der Waals surface area contributed by atoms with Crippen molar-refractivity contribution >= 4 is 5.97 Å². The molecule has 4 nitrogen and oxygen atoms in total. The molecule has 0 aliphatic heterocycles. The fraction of sp³-hybridized carbons (Fsp3) is 0.455. The molecule has 0 amide bonds. The van der Waals surface area contributed by atoms with Crippen LogP contribution < -0.4 is 5.73 Å². The van der Waals surface area contributed by atoms with E-state index in [9.17, 15) is 26.7 Å². The van der Waals surface area contributed by atoms with Crippen LogP contribution in [-0.2, 0) is 28.7 Å². The molecule has 1 rings (SSSR count). The third kappa shape index (κ3) is 3.62. The van der Waals surface area contributed by atoms with E-state index in [1.807, 2.05) is 0 Å². The van der Waals surface area contributed by atoms with E-state index >= 15 is 0 Å². The Kier molecular flexibility index (Phi) is 4.98. The van der Waals surface area contributed by atoms with Crippen LogP contribution in [0.25, 0.3) is 0 Å². The Bertz CT molecular complexity index is 502. The van der Waals surface area contributed by atoms with E-state index in [0.717, 1.165) is 7.11 Å². The third-order valence-electron chi connectivity index (χ3n) is 2.51. The van der Waals surface area contributed by atoms with Gasteiger partial charge in [-0.05, 0) is 11.6 Å². The maximum atomic E-state index is 12.8. The lowest BCUT2D eigenvalue weighted by Crippen LogP contribution is -2.18. The zero-order valence-corrected chi connectivity index (χ0v) is 10.3. The Morgan fingerprint density at radius 2 is 2.05 bits per heavy atom. The number of carbonyl (C=O) groups is 1. The molecule has 9 heteroatoms. The van der Waals surface area contributed by atoms with Crippen molar-refractivity contribution in [2.75, 3.05) is 7.11 Å². The first-order valence-electron chi connectivity index (χ1n) is 5.35. The summed E-state index contributed by atoms with van der Waals surface area (Å²) in [6.45, 7) is -0.461. The van der Waals surface area contributed by atoms with Crippen LogP contribution in [0.2, 0.25) is 0 Å². The molecule has 20 heavy (non-hydrogen) atoms. The van der Waals surface area contributed by atoms with Crippen LogP contribution in [0.4, 0.5) is 22.0 Å². The molecule has 0 aliphatic carbocycles. The molecule has 0 spiro atoms. The molecule has 1 aromatic rings. The first-order valence-corrected chi connectivity index (χ1v) is 5.35. The average molecular weight is 298 g/mol. The summed E-state index contributed by atoms with van der Waals surface area (Å²) < 4.78 is 67.8. The molecule has 0 atom stereocenters. The first kappa shape index (κ1) is 16.3. The minimum absolute atomic E-state index is 0.244. The summed E-state index contributed by atoms with van der Waals surface area (Å²) in [7, 11) is 1.02. The quantitative estimate of drug-likeness (QED) is 0.683. The van der Waals surface area contributed by atoms with Crippen LogP contribution in [0, 0.1) is 0 Å². The molecule has 0 saturated carbocycles. The number of rotatable bonds is 4. The van der Waals surface area contributed by atoms with E-state index in [0.29, 0.717) is 0 Å². The molecule has 1 heterocycles. The molecule has 0 saturated heterocycles. The van der Waals surface area contributed by atoms with E-state index in [-0.39, 0.29) is 11.6 Å². The van der Waals surface area contributed by atoms with E-state index < -0.39 is 48.5 Å². The van der Waals surface area contributed by atoms with Crippen molar-refractivity contribution in [1.82, 2.24) is 4.98 Å². The van der Waals surface area contributed by atoms with Crippen LogP contribution in [0.1, 0.15) is 28.9 Å². The second kappa shape index (κ2) is 6.12. The van der Waals surface area contributed by atoms with Gasteiger partial charge in [0.2, 0.25) is 0 Å². The monoisotopic (exact) mass is 298 g/mol. The molecule has 2 N–H and O–H groups in total. The largest absolute Gasteiger partial charge is 0.469 e. The zero-order chi connectivity index (χ0) is 15.5. The first-order chi connectivity index (χ1) is 9.20. The van der Waals surface area contributed by atoms with Crippen molar-refractivity contribution in [3.8, 4) is 0 Å². The highest BCUT2D eigenvalue weighted by Gasteiger charge is 2.35. The standard InChI is InChI=1S/C11H11F5N2O2/c1-20-9(19)3-7-6(4-17)5(10(12)13)2-8(18-7)11(14,15)16/h2,10H,3-4,17H2,1H3. The van der Waals surface area contributed by atoms with Gasteiger partial charge >= 0.3 is 12.1 Å². The Labute approximate surface area is 110 Å². The SMILES string of the molecule is COC(=O)Cc1nc(C(F)(F)F)cc(C(F)F)c1CN. The Hall–Kier alpha value is -1.77. The number of carbonyl (C=O) groups excluding carboxylic acids is 1. The normalized spacial score (nSPS) is 11.8. The van der Waals surface area contributed by atoms with E-state index in [4.69, 9.17) is 5.73 Å². The van der Waals surface area contributed by atoms with Crippen LogP contribution >= 0.6 is 0 Å². The highest BCUT2D eigenvalue weighted by molar-refractivity contribution is 5.72. The Balaban J connectivity index is 3.45. The van der Waals surface area contributed by atoms with Crippen LogP contribution in [-0.4, -0.2) is 18.1 Å². The van der Waals surface area contributed by atoms with Gasteiger partial charge in [-0.3, -0.25) is 4.79 Å². The Morgan fingerprint density at radius 1 is 1.45 bits per heavy atom. The summed E-state index contributed by atoms with van der Waals surface area (Å²) in [4.78, 5) is 14.3. The third-order valence-corrected chi connectivity index (χ3v) is 2.51. The number of halogens is 5. The lowest BCUT2D eigenvalue weighted by atomic mass is 10.0. The van der Waals surface area contributed by atoms with Gasteiger partial charge in [-0.15, -0.1) is 0 Å². The van der Waals surface area contributed by atoms with Crippen molar-refractivity contribution in [3.63, 3.8) is 0 Å². The van der Waals surface area contributed by atoms with Crippen LogP contribution in [0.5, 0.6) is 0 Å². The minimum Gasteiger partial charge on any atom is -0.469 e. The fourth-order valence-corrected chi connectivity index (χ4v) is 1.58. The molecule has 112 valence electrons. The van der Waals surface area contributed by atoms with Crippen LogP contribution in [0.3, 0.4) is 0 Å². The molecule has 1 aromatic heterocycles. The van der Waals surface area contributed by atoms with Crippen molar-refractivity contribution in [3.05, 3.63) is 28.6 Å². The summed E-state index contributed by atoms with van der Waals surface area (Å²) in [5.41, 5.74) is 2.15. The second-order valence-corrected chi connectivity index (χ2v) is 3.78. The molecule has 0 bridgehead atoms. The number of pyridine rings is 1. The van der Waals surface area contributed by atoms with Gasteiger partial charge in [-0.2, -0.15) is 13.2 Å². The molecule has 0 unspecified atom stereocenters. The van der Waals surface area contributed by atoms with Crippen LogP contribution in [0.15, 0.2) is 6.07 Å². The van der Waals surface area contributed by atoms with Gasteiger partial charge in [0.1, 0.15) is 5.69 Å². The number of nitrogens with zero attached hydrogens (tertiary/aromatic N) is 1. The fourth-order valence-electron chi connectivity index (χ4n) is 1.58. The van der Waals surface area contributed by atoms with Crippen molar-refractivity contribution in [2.24, 2.45) is 5.73 Å². The maximum Gasteiger partial charge on any atom is 0.433 e. The molecule has 0 fully saturated rings. The van der Waals surface area contributed by atoms with Crippen molar-refractivity contribution < 1.29 is 31.5 Å². The summed E-state index contributed by atoms with van der Waals surface area (Å²) in [5, 5.41) is 0. The second-order valence-electron chi connectivity index (χ2n) is 3.78. The number of hydrogen-bond donors (Lipinski definition) is 1. The number of alkyl halides is 5. The molecule has 0 aromatic carbocycles. The van der Waals surface area contributed by atoms with Gasteiger partial charge in [0.05, 0.1) is 19.2 Å². The summed E-state index contributed by atoms with van der Waals surface area (Å²) in [5.74, 6) is -0.897. The highest BCUT2D eigenvalue weighted by atomic mass is 19.4. The van der Waals surface area contributed by atoms with E-state index in [2.05, 4.69) is 9.72 Å². The maximum absolute atomic E-state index is 12.8. The van der Waals surface area contributed by atoms with Gasteiger partial charge in [0.25, 0.3) is 6.43 Å². The van der Waals surface area contributed by atoms with E-state index in [1.165, 1.54) is 0 Å². The lowest BCUT2D eigenvalue weighted by Gasteiger charge is -2.15. The van der Waals surface area contributed by atoms with Gasteiger partial charge in [-0.25, -0.2) is 13.8 Å². The number of methoxy groups -OCH3 is 1. The van der Waals surface area contributed by atoms with Gasteiger partial charge in [-0.1, -0.05) is 0 Å². The predicted molar refractivity (Wildman–Crippen MR) is 57.8 cm³/mol. The van der Waals surface area contributed by atoms with Gasteiger partial charge < -0.3 is 10.5 Å². The average Bonchev–Trinajstić information content (AvgIpc) is 2.36. The van der Waals surface area contributed by atoms with Crippen molar-refractivity contribution in [2.45, 2.75) is 25.6 Å². The summed E-state index contributed by atoms with van der Waals surface area (Å²) in [6, 6.07) is 0.244. The molecule has 0 aliphatic rings. The van der Waals surface area contributed by atoms with E-state index in [1.54, 1.807) is 0 Å². The number of esters is 1. The van der Waals surface area contributed by atoms with Gasteiger partial charge in [0, 0.05) is 12.1 Å². The molecular weight excluding hydrogens is 287 g/mol. The smallest absolute Gasteiger partial charge is 0.433 e. The number of ether oxygens (including phenoxy) is 1. The number of hydrogen-bond acceptors (Lipinski definition) is 4. The minimum atomic E-state index is -4.90. The zero-order valence-electron chi connectivity index (χ0n) is 10.3. The lowest BCUT2D eigenvalue weighted by molar-refractivity contribution is -0.143. The number of aromatic nitrogens is 1. The number of nitrogens with two attached hydrogens (primary N) is 1. The summed E-state index contributed by atoms with van der Waals surface area (Å²) >= 11 is 0.